The summed E-state index contributed by atoms with van der Waals surface area (Å²) in [7, 11) is 1.32. The standard InChI is InChI=1S/C22H22F2O5/c1-13-9-15(3)17(10-14(13)2)18(25)12-28-21(26)8-6-16-5-7-19(29-22(23)24)20(11-16)27-4/h5-11,22H,12H2,1-4H3. The van der Waals surface area contributed by atoms with Crippen LogP contribution in [0.15, 0.2) is 36.4 Å². The number of hydrogen-bond acceptors (Lipinski definition) is 5. The number of Topliss-reactive ketones (excluding diaryl/α,β-unsaturated/α-hetero) is 1. The molecule has 2 aromatic carbocycles. The summed E-state index contributed by atoms with van der Waals surface area (Å²) >= 11 is 0. The largest absolute Gasteiger partial charge is 0.493 e. The highest BCUT2D eigenvalue weighted by Crippen LogP contribution is 2.29. The maximum Gasteiger partial charge on any atom is 0.387 e. The lowest BCUT2D eigenvalue weighted by atomic mass is 9.98. The molecule has 0 N–H and O–H groups in total. The van der Waals surface area contributed by atoms with Crippen LogP contribution >= 0.6 is 0 Å². The molecule has 2 rings (SSSR count). The van der Waals surface area contributed by atoms with Gasteiger partial charge in [0.25, 0.3) is 0 Å². The fourth-order valence-electron chi connectivity index (χ4n) is 2.67. The van der Waals surface area contributed by atoms with E-state index in [2.05, 4.69) is 4.74 Å². The summed E-state index contributed by atoms with van der Waals surface area (Å²) in [5.41, 5.74) is 3.92. The summed E-state index contributed by atoms with van der Waals surface area (Å²) in [6, 6.07) is 7.92. The molecule has 0 aliphatic rings. The Hall–Kier alpha value is -3.22. The van der Waals surface area contributed by atoms with Crippen LogP contribution in [0.3, 0.4) is 0 Å². The number of halogens is 2. The molecule has 0 radical (unpaired) electrons. The van der Waals surface area contributed by atoms with Gasteiger partial charge >= 0.3 is 12.6 Å². The van der Waals surface area contributed by atoms with E-state index in [1.54, 1.807) is 6.07 Å². The van der Waals surface area contributed by atoms with Gasteiger partial charge in [0.15, 0.2) is 18.1 Å². The van der Waals surface area contributed by atoms with E-state index in [1.165, 1.54) is 31.4 Å². The van der Waals surface area contributed by atoms with Gasteiger partial charge < -0.3 is 14.2 Å². The summed E-state index contributed by atoms with van der Waals surface area (Å²) in [5.74, 6) is -1.01. The van der Waals surface area contributed by atoms with Crippen molar-refractivity contribution in [1.82, 2.24) is 0 Å². The lowest BCUT2D eigenvalue weighted by Gasteiger charge is -2.10. The summed E-state index contributed by atoms with van der Waals surface area (Å²) in [6.45, 7) is 2.35. The number of ether oxygens (including phenoxy) is 3. The Morgan fingerprint density at radius 1 is 1.00 bits per heavy atom. The van der Waals surface area contributed by atoms with Crippen molar-refractivity contribution in [2.24, 2.45) is 0 Å². The molecule has 0 bridgehead atoms. The molecule has 0 heterocycles. The van der Waals surface area contributed by atoms with Crippen molar-refractivity contribution >= 4 is 17.8 Å². The van der Waals surface area contributed by atoms with Crippen LogP contribution in [0.4, 0.5) is 8.78 Å². The molecule has 0 fully saturated rings. The average molecular weight is 404 g/mol. The van der Waals surface area contributed by atoms with Crippen molar-refractivity contribution < 1.29 is 32.6 Å². The number of carbonyl (C=O) groups is 2. The van der Waals surface area contributed by atoms with Crippen LogP contribution in [0, 0.1) is 20.8 Å². The Bertz CT molecular complexity index is 935. The second kappa shape index (κ2) is 9.82. The monoisotopic (exact) mass is 404 g/mol. The first-order valence-corrected chi connectivity index (χ1v) is 8.80. The predicted molar refractivity (Wildman–Crippen MR) is 105 cm³/mol. The average Bonchev–Trinajstić information content (AvgIpc) is 2.67. The topological polar surface area (TPSA) is 61.8 Å². The summed E-state index contributed by atoms with van der Waals surface area (Å²) in [4.78, 5) is 24.2. The van der Waals surface area contributed by atoms with E-state index in [0.717, 1.165) is 22.8 Å². The van der Waals surface area contributed by atoms with Gasteiger partial charge in [-0.3, -0.25) is 4.79 Å². The molecule has 5 nitrogen and oxygen atoms in total. The zero-order chi connectivity index (χ0) is 21.6. The number of aryl methyl sites for hydroxylation is 3. The Kier molecular flexibility index (Phi) is 7.47. The van der Waals surface area contributed by atoms with Crippen LogP contribution in [-0.4, -0.2) is 32.1 Å². The lowest BCUT2D eigenvalue weighted by molar-refractivity contribution is -0.136. The summed E-state index contributed by atoms with van der Waals surface area (Å²) in [5, 5.41) is 0. The highest BCUT2D eigenvalue weighted by molar-refractivity contribution is 6.00. The number of methoxy groups -OCH3 is 1. The molecule has 0 saturated carbocycles. The second-order valence-corrected chi connectivity index (χ2v) is 6.40. The van der Waals surface area contributed by atoms with Crippen LogP contribution in [0.1, 0.15) is 32.6 Å². The van der Waals surface area contributed by atoms with E-state index in [1.807, 2.05) is 26.8 Å². The number of alkyl halides is 2. The van der Waals surface area contributed by atoms with Gasteiger partial charge in [0.05, 0.1) is 7.11 Å². The number of carbonyl (C=O) groups excluding carboxylic acids is 2. The first kappa shape index (κ1) is 22.1. The second-order valence-electron chi connectivity index (χ2n) is 6.40. The first-order chi connectivity index (χ1) is 13.7. The van der Waals surface area contributed by atoms with Gasteiger partial charge in [-0.2, -0.15) is 8.78 Å². The zero-order valence-corrected chi connectivity index (χ0v) is 16.6. The van der Waals surface area contributed by atoms with E-state index in [-0.39, 0.29) is 23.9 Å². The molecule has 0 spiro atoms. The van der Waals surface area contributed by atoms with Crippen molar-refractivity contribution in [2.45, 2.75) is 27.4 Å². The number of ketones is 1. The van der Waals surface area contributed by atoms with Gasteiger partial charge in [-0.15, -0.1) is 0 Å². The fraction of sp³-hybridized carbons (Fsp3) is 0.273. The van der Waals surface area contributed by atoms with E-state index in [9.17, 15) is 18.4 Å². The number of benzene rings is 2. The third kappa shape index (κ3) is 6.14. The van der Waals surface area contributed by atoms with E-state index < -0.39 is 12.6 Å². The SMILES string of the molecule is COc1cc(C=CC(=O)OCC(=O)c2cc(C)c(C)cc2C)ccc1OC(F)F. The lowest BCUT2D eigenvalue weighted by Crippen LogP contribution is -2.14. The van der Waals surface area contributed by atoms with Gasteiger partial charge in [0.1, 0.15) is 0 Å². The van der Waals surface area contributed by atoms with Crippen molar-refractivity contribution in [3.63, 3.8) is 0 Å². The molecule has 0 aliphatic heterocycles. The van der Waals surface area contributed by atoms with Crippen LogP contribution in [0.5, 0.6) is 11.5 Å². The zero-order valence-electron chi connectivity index (χ0n) is 16.6. The van der Waals surface area contributed by atoms with Gasteiger partial charge in [-0.05, 0) is 67.3 Å². The molecule has 0 saturated heterocycles. The van der Waals surface area contributed by atoms with Gasteiger partial charge in [0.2, 0.25) is 5.78 Å². The fourth-order valence-corrected chi connectivity index (χ4v) is 2.67. The van der Waals surface area contributed by atoms with Gasteiger partial charge in [-0.1, -0.05) is 12.1 Å². The highest BCUT2D eigenvalue weighted by Gasteiger charge is 2.13. The molecule has 0 atom stereocenters. The molecule has 0 aromatic heterocycles. The van der Waals surface area contributed by atoms with Crippen molar-refractivity contribution in [2.75, 3.05) is 13.7 Å². The minimum Gasteiger partial charge on any atom is -0.493 e. The Morgan fingerprint density at radius 2 is 1.69 bits per heavy atom. The first-order valence-electron chi connectivity index (χ1n) is 8.80. The summed E-state index contributed by atoms with van der Waals surface area (Å²) in [6.07, 6.45) is 2.56. The van der Waals surface area contributed by atoms with Crippen LogP contribution in [0.2, 0.25) is 0 Å². The van der Waals surface area contributed by atoms with Gasteiger partial charge in [0, 0.05) is 11.6 Å². The predicted octanol–water partition coefficient (Wildman–Crippen LogP) is 4.66. The number of hydrogen-bond donors (Lipinski definition) is 0. The summed E-state index contributed by atoms with van der Waals surface area (Å²) < 4.78 is 39.0. The molecule has 29 heavy (non-hydrogen) atoms. The van der Waals surface area contributed by atoms with Crippen molar-refractivity contribution in [3.05, 3.63) is 64.2 Å². The smallest absolute Gasteiger partial charge is 0.387 e. The Morgan fingerprint density at radius 3 is 2.34 bits per heavy atom. The Balaban J connectivity index is 1.99. The van der Waals surface area contributed by atoms with Crippen LogP contribution in [0.25, 0.3) is 6.08 Å². The van der Waals surface area contributed by atoms with E-state index >= 15 is 0 Å². The molecule has 0 unspecified atom stereocenters. The number of esters is 1. The number of rotatable bonds is 8. The molecule has 0 aliphatic carbocycles. The van der Waals surface area contributed by atoms with Crippen molar-refractivity contribution in [1.29, 1.82) is 0 Å². The molecule has 2 aromatic rings. The molecule has 0 amide bonds. The van der Waals surface area contributed by atoms with E-state index in [0.29, 0.717) is 11.1 Å². The molecule has 154 valence electrons. The molecular formula is C22H22F2O5. The maximum absolute atomic E-state index is 12.4. The van der Waals surface area contributed by atoms with Crippen LogP contribution < -0.4 is 9.47 Å². The highest BCUT2D eigenvalue weighted by atomic mass is 19.3. The third-order valence-corrected chi connectivity index (χ3v) is 4.30. The minimum absolute atomic E-state index is 0.0983. The maximum atomic E-state index is 12.4. The van der Waals surface area contributed by atoms with Gasteiger partial charge in [-0.25, -0.2) is 4.79 Å². The normalized spacial score (nSPS) is 11.0. The van der Waals surface area contributed by atoms with Crippen molar-refractivity contribution in [3.8, 4) is 11.5 Å². The molecule has 7 heteroatoms. The Labute approximate surface area is 167 Å². The third-order valence-electron chi connectivity index (χ3n) is 4.30. The van der Waals surface area contributed by atoms with Crippen LogP contribution in [-0.2, 0) is 9.53 Å². The minimum atomic E-state index is -2.97. The van der Waals surface area contributed by atoms with E-state index in [4.69, 9.17) is 9.47 Å². The quantitative estimate of drug-likeness (QED) is 0.364. The molecular weight excluding hydrogens is 382 g/mol.